The van der Waals surface area contributed by atoms with Gasteiger partial charge in [-0.3, -0.25) is 37.3 Å². The predicted molar refractivity (Wildman–Crippen MR) is 437 cm³/mol. The summed E-state index contributed by atoms with van der Waals surface area (Å²) < 4.78 is 68.9. The second-order valence-electron chi connectivity index (χ2n) is 31.8. The largest absolute Gasteiger partial charge is 0.472 e. The van der Waals surface area contributed by atoms with Gasteiger partial charge in [0.15, 0.2) is 12.2 Å². The number of esters is 4. The summed E-state index contributed by atoms with van der Waals surface area (Å²) in [6.07, 6.45) is 70.6. The molecule has 4 unspecified atom stereocenters. The van der Waals surface area contributed by atoms with Crippen molar-refractivity contribution in [1.82, 2.24) is 0 Å². The molecule has 0 aliphatic rings. The van der Waals surface area contributed by atoms with Crippen molar-refractivity contribution in [1.29, 1.82) is 0 Å². The molecular weight excluding hydrogens is 1380 g/mol. The maximum atomic E-state index is 13.2. The zero-order valence-electron chi connectivity index (χ0n) is 69.7. The Bertz CT molecular complexity index is 2030. The van der Waals surface area contributed by atoms with Crippen LogP contribution in [0, 0.1) is 11.8 Å². The Morgan fingerprint density at radius 3 is 0.670 bits per heavy atom. The van der Waals surface area contributed by atoms with E-state index in [-0.39, 0.29) is 25.7 Å². The lowest BCUT2D eigenvalue weighted by Crippen LogP contribution is -2.30. The van der Waals surface area contributed by atoms with E-state index in [0.717, 1.165) is 102 Å². The normalized spacial score (nSPS) is 14.3. The lowest BCUT2D eigenvalue weighted by Gasteiger charge is -2.21. The molecule has 0 spiro atoms. The Labute approximate surface area is 651 Å². The summed E-state index contributed by atoms with van der Waals surface area (Å²) in [6.45, 7) is 9.80. The van der Waals surface area contributed by atoms with Crippen LogP contribution in [0.4, 0.5) is 0 Å². The Morgan fingerprint density at radius 1 is 0.264 bits per heavy atom. The molecule has 0 aliphatic heterocycles. The SMILES string of the molecule is CCCCCCCCCCCCCCCCCCC(=O)O[C@H](COC(=O)CCCCCCCCCCCC)COP(=O)(O)OC[C@H](O)COP(=O)(O)OC[C@@H](COC(=O)CCCCCCCCCCCCCCCCC(C)CC)OC(=O)CCCCCCCCCCCCCCCCCCCCC(C)CC. The van der Waals surface area contributed by atoms with Gasteiger partial charge in [0.05, 0.1) is 26.4 Å². The zero-order valence-corrected chi connectivity index (χ0v) is 71.5. The Morgan fingerprint density at radius 2 is 0.453 bits per heavy atom. The van der Waals surface area contributed by atoms with Crippen molar-refractivity contribution in [2.24, 2.45) is 11.8 Å². The molecule has 630 valence electrons. The molecule has 0 aromatic heterocycles. The second-order valence-corrected chi connectivity index (χ2v) is 34.7. The third-order valence-corrected chi connectivity index (χ3v) is 23.1. The minimum atomic E-state index is -4.97. The Kier molecular flexibility index (Phi) is 76.9. The second kappa shape index (κ2) is 78.3. The Balaban J connectivity index is 5.22. The number of rotatable bonds is 86. The molecule has 0 amide bonds. The highest BCUT2D eigenvalue weighted by molar-refractivity contribution is 7.47. The molecular formula is C87H170O17P2. The first-order chi connectivity index (χ1) is 51.4. The number of ether oxygens (including phenoxy) is 4. The molecule has 106 heavy (non-hydrogen) atoms. The molecule has 0 aromatic rings. The highest BCUT2D eigenvalue weighted by Crippen LogP contribution is 2.45. The van der Waals surface area contributed by atoms with Crippen LogP contribution in [-0.4, -0.2) is 96.7 Å². The van der Waals surface area contributed by atoms with Gasteiger partial charge in [-0.2, -0.15) is 0 Å². The van der Waals surface area contributed by atoms with Gasteiger partial charge in [0.1, 0.15) is 19.3 Å². The molecule has 0 saturated carbocycles. The van der Waals surface area contributed by atoms with Gasteiger partial charge in [-0.15, -0.1) is 0 Å². The smallest absolute Gasteiger partial charge is 0.462 e. The number of carbonyl (C=O) groups excluding carboxylic acids is 4. The fourth-order valence-electron chi connectivity index (χ4n) is 13.5. The molecule has 17 nitrogen and oxygen atoms in total. The van der Waals surface area contributed by atoms with Crippen molar-refractivity contribution >= 4 is 39.5 Å². The zero-order chi connectivity index (χ0) is 77.8. The van der Waals surface area contributed by atoms with Gasteiger partial charge in [-0.1, -0.05) is 414 Å². The van der Waals surface area contributed by atoms with Crippen molar-refractivity contribution < 1.29 is 80.2 Å². The van der Waals surface area contributed by atoms with Gasteiger partial charge in [-0.05, 0) is 37.5 Å². The molecule has 7 atom stereocenters. The van der Waals surface area contributed by atoms with Gasteiger partial charge >= 0.3 is 39.5 Å². The maximum absolute atomic E-state index is 13.2. The molecule has 0 bridgehead atoms. The third-order valence-electron chi connectivity index (χ3n) is 21.2. The predicted octanol–water partition coefficient (Wildman–Crippen LogP) is 26.6. The number of aliphatic hydroxyl groups excluding tert-OH is 1. The minimum Gasteiger partial charge on any atom is -0.462 e. The number of unbranched alkanes of at least 4 members (excludes halogenated alkanes) is 54. The molecule has 19 heteroatoms. The number of hydrogen-bond donors (Lipinski definition) is 3. The van der Waals surface area contributed by atoms with Crippen LogP contribution >= 0.6 is 15.6 Å². The third kappa shape index (κ3) is 77.4. The first kappa shape index (κ1) is 104. The van der Waals surface area contributed by atoms with E-state index in [2.05, 4.69) is 41.5 Å². The number of phosphoric acid groups is 2. The molecule has 0 aromatic carbocycles. The number of hydrogen-bond acceptors (Lipinski definition) is 15. The van der Waals surface area contributed by atoms with E-state index in [1.165, 1.54) is 283 Å². The van der Waals surface area contributed by atoms with Crippen molar-refractivity contribution in [2.75, 3.05) is 39.6 Å². The minimum absolute atomic E-state index is 0.109. The lowest BCUT2D eigenvalue weighted by atomic mass is 9.99. The Hall–Kier alpha value is -1.94. The fourth-order valence-corrected chi connectivity index (χ4v) is 15.1. The molecule has 0 aliphatic carbocycles. The summed E-state index contributed by atoms with van der Waals surface area (Å²) in [7, 11) is -9.93. The molecule has 0 fully saturated rings. The van der Waals surface area contributed by atoms with E-state index < -0.39 is 97.5 Å². The first-order valence-corrected chi connectivity index (χ1v) is 48.1. The van der Waals surface area contributed by atoms with Crippen LogP contribution in [0.5, 0.6) is 0 Å². The number of aliphatic hydroxyl groups is 1. The van der Waals surface area contributed by atoms with Crippen LogP contribution < -0.4 is 0 Å². The summed E-state index contributed by atoms with van der Waals surface area (Å²) in [5.74, 6) is -0.379. The highest BCUT2D eigenvalue weighted by atomic mass is 31.2. The van der Waals surface area contributed by atoms with Crippen LogP contribution in [0.15, 0.2) is 0 Å². The van der Waals surface area contributed by atoms with E-state index in [1.807, 2.05) is 0 Å². The first-order valence-electron chi connectivity index (χ1n) is 45.1. The number of carbonyl (C=O) groups is 4. The van der Waals surface area contributed by atoms with E-state index in [9.17, 15) is 43.2 Å². The van der Waals surface area contributed by atoms with E-state index in [0.29, 0.717) is 25.7 Å². The van der Waals surface area contributed by atoms with E-state index in [1.54, 1.807) is 0 Å². The quantitative estimate of drug-likeness (QED) is 0.0222. The number of phosphoric ester groups is 2. The fraction of sp³-hybridized carbons (Fsp3) is 0.954. The van der Waals surface area contributed by atoms with Crippen LogP contribution in [0.1, 0.15) is 465 Å². The molecule has 3 N–H and O–H groups in total. The lowest BCUT2D eigenvalue weighted by molar-refractivity contribution is -0.161. The topological polar surface area (TPSA) is 237 Å². The summed E-state index contributed by atoms with van der Waals surface area (Å²) in [5.41, 5.74) is 0. The average molecular weight is 1550 g/mol. The van der Waals surface area contributed by atoms with Gasteiger partial charge in [0.25, 0.3) is 0 Å². The highest BCUT2D eigenvalue weighted by Gasteiger charge is 2.30. The van der Waals surface area contributed by atoms with Crippen molar-refractivity contribution in [2.45, 2.75) is 484 Å². The molecule has 0 rings (SSSR count). The van der Waals surface area contributed by atoms with Crippen molar-refractivity contribution in [3.63, 3.8) is 0 Å². The monoisotopic (exact) mass is 1550 g/mol. The standard InChI is InChI=1S/C87H170O17P2/c1-7-11-13-15-17-19-21-22-23-29-36-41-47-53-59-65-71-86(91)103-82(75-97-84(89)69-63-57-51-45-20-18-16-14-12-8-2)77-101-105(93,94)99-73-81(88)74-100-106(95,96)102-78-83(76-98-85(90)70-64-58-52-46-40-35-32-31-34-39-44-50-56-62-68-80(6)10-4)104-87(92)72-66-60-54-48-42-37-30-27-25-24-26-28-33-38-43-49-55-61-67-79(5)9-3/h79-83,88H,7-78H2,1-6H3,(H,93,94)(H,95,96)/t79?,80?,81-,82+,83+/m0/s1. The average Bonchev–Trinajstić information content (AvgIpc) is 0.900. The maximum Gasteiger partial charge on any atom is 0.472 e. The summed E-state index contributed by atoms with van der Waals surface area (Å²) in [6, 6.07) is 0. The summed E-state index contributed by atoms with van der Waals surface area (Å²) in [5, 5.41) is 10.7. The molecule has 0 saturated heterocycles. The van der Waals surface area contributed by atoms with Crippen LogP contribution in [0.2, 0.25) is 0 Å². The summed E-state index contributed by atoms with van der Waals surface area (Å²) >= 11 is 0. The summed E-state index contributed by atoms with van der Waals surface area (Å²) in [4.78, 5) is 73.2. The van der Waals surface area contributed by atoms with Crippen LogP contribution in [-0.2, 0) is 65.4 Å². The molecule has 0 radical (unpaired) electrons. The van der Waals surface area contributed by atoms with Crippen LogP contribution in [0.3, 0.4) is 0 Å². The van der Waals surface area contributed by atoms with Crippen LogP contribution in [0.25, 0.3) is 0 Å². The van der Waals surface area contributed by atoms with Gasteiger partial charge in [-0.25, -0.2) is 9.13 Å². The molecule has 0 heterocycles. The van der Waals surface area contributed by atoms with Gasteiger partial charge in [0.2, 0.25) is 0 Å². The van der Waals surface area contributed by atoms with Crippen molar-refractivity contribution in [3.8, 4) is 0 Å². The van der Waals surface area contributed by atoms with E-state index in [4.69, 9.17) is 37.0 Å². The van der Waals surface area contributed by atoms with Crippen molar-refractivity contribution in [3.05, 3.63) is 0 Å². The van der Waals surface area contributed by atoms with Gasteiger partial charge < -0.3 is 33.8 Å². The van der Waals surface area contributed by atoms with Gasteiger partial charge in [0, 0.05) is 25.7 Å². The van der Waals surface area contributed by atoms with E-state index >= 15 is 0 Å².